The molecule has 0 aliphatic carbocycles. The molecule has 1 aliphatic heterocycles. The molecule has 0 radical (unpaired) electrons. The smallest absolute Gasteiger partial charge is 0.178 e. The van der Waals surface area contributed by atoms with Gasteiger partial charge in [-0.1, -0.05) is 18.2 Å². The molecule has 0 fully saturated rings. The zero-order valence-electron chi connectivity index (χ0n) is 11.2. The highest BCUT2D eigenvalue weighted by Crippen LogP contribution is 2.39. The van der Waals surface area contributed by atoms with Crippen LogP contribution in [0.5, 0.6) is 0 Å². The number of sulfone groups is 2. The Labute approximate surface area is 119 Å². The van der Waals surface area contributed by atoms with Crippen LogP contribution in [0.15, 0.2) is 29.2 Å². The molecule has 1 aromatic rings. The van der Waals surface area contributed by atoms with Gasteiger partial charge in [0.2, 0.25) is 0 Å². The number of hydrogen-bond acceptors (Lipinski definition) is 5. The van der Waals surface area contributed by atoms with E-state index in [1.807, 2.05) is 0 Å². The first kappa shape index (κ1) is 15.5. The summed E-state index contributed by atoms with van der Waals surface area (Å²) in [5.41, 5.74) is -0.869. The number of fused-ring (bicyclic) bond motifs is 1. The van der Waals surface area contributed by atoms with E-state index in [2.05, 4.69) is 0 Å². The van der Waals surface area contributed by atoms with Crippen LogP contribution < -0.4 is 0 Å². The normalized spacial score (nSPS) is 25.1. The predicted octanol–water partition coefficient (Wildman–Crippen LogP) is 0.876. The Balaban J connectivity index is 2.29. The second kappa shape index (κ2) is 5.13. The van der Waals surface area contributed by atoms with Crippen LogP contribution in [0.4, 0.5) is 0 Å². The van der Waals surface area contributed by atoms with Gasteiger partial charge in [0.1, 0.15) is 9.84 Å². The summed E-state index contributed by atoms with van der Waals surface area (Å²) in [4.78, 5) is 0.160. The zero-order chi connectivity index (χ0) is 15.0. The largest absolute Gasteiger partial charge is 0.385 e. The summed E-state index contributed by atoms with van der Waals surface area (Å²) < 4.78 is 46.3. The van der Waals surface area contributed by atoms with Gasteiger partial charge in [-0.05, 0) is 25.3 Å². The van der Waals surface area contributed by atoms with Crippen molar-refractivity contribution < 1.29 is 21.9 Å². The molecule has 5 nitrogen and oxygen atoms in total. The maximum absolute atomic E-state index is 12.0. The van der Waals surface area contributed by atoms with Crippen molar-refractivity contribution in [3.63, 3.8) is 0 Å². The van der Waals surface area contributed by atoms with Crippen molar-refractivity contribution in [3.8, 4) is 0 Å². The van der Waals surface area contributed by atoms with Crippen LogP contribution in [0.25, 0.3) is 0 Å². The van der Waals surface area contributed by atoms with Crippen LogP contribution >= 0.6 is 0 Å². The SMILES string of the molecule is CS(=O)(=O)CCCC1(O)CCS(=O)(=O)c2ccccc21. The lowest BCUT2D eigenvalue weighted by Crippen LogP contribution is -2.35. The first-order valence-corrected chi connectivity index (χ1v) is 10.1. The van der Waals surface area contributed by atoms with E-state index < -0.39 is 25.3 Å². The maximum Gasteiger partial charge on any atom is 0.178 e. The fraction of sp³-hybridized carbons (Fsp3) is 0.538. The molecule has 0 saturated heterocycles. The van der Waals surface area contributed by atoms with Crippen molar-refractivity contribution in [3.05, 3.63) is 29.8 Å². The van der Waals surface area contributed by atoms with Gasteiger partial charge in [0, 0.05) is 17.6 Å². The van der Waals surface area contributed by atoms with Gasteiger partial charge in [-0.2, -0.15) is 0 Å². The van der Waals surface area contributed by atoms with Gasteiger partial charge in [-0.15, -0.1) is 0 Å². The molecule has 1 aliphatic rings. The first-order chi connectivity index (χ1) is 9.14. The third-order valence-corrected chi connectivity index (χ3v) is 6.41. The van der Waals surface area contributed by atoms with Crippen LogP contribution in [0.1, 0.15) is 24.8 Å². The minimum Gasteiger partial charge on any atom is -0.385 e. The van der Waals surface area contributed by atoms with Gasteiger partial charge < -0.3 is 5.11 Å². The standard InChI is InChI=1S/C13H18O5S2/c1-19(15,16)9-4-7-13(14)8-10-20(17,18)12-6-3-2-5-11(12)13/h2-3,5-6,14H,4,7-10H2,1H3. The summed E-state index contributed by atoms with van der Waals surface area (Å²) >= 11 is 0. The number of aliphatic hydroxyl groups is 1. The summed E-state index contributed by atoms with van der Waals surface area (Å²) in [6, 6.07) is 6.40. The average molecular weight is 318 g/mol. The minimum absolute atomic E-state index is 0.00970. The van der Waals surface area contributed by atoms with Gasteiger partial charge in [0.15, 0.2) is 9.84 Å². The summed E-state index contributed by atoms with van der Waals surface area (Å²) in [6.07, 6.45) is 1.81. The van der Waals surface area contributed by atoms with Crippen molar-refractivity contribution in [2.75, 3.05) is 17.8 Å². The highest BCUT2D eigenvalue weighted by molar-refractivity contribution is 7.91. The van der Waals surface area contributed by atoms with E-state index in [0.29, 0.717) is 12.0 Å². The summed E-state index contributed by atoms with van der Waals surface area (Å²) in [5.74, 6) is -0.121. The minimum atomic E-state index is -3.34. The van der Waals surface area contributed by atoms with E-state index in [4.69, 9.17) is 0 Å². The van der Waals surface area contributed by atoms with Crippen LogP contribution in [-0.4, -0.2) is 39.7 Å². The molecule has 2 rings (SSSR count). The van der Waals surface area contributed by atoms with E-state index in [1.165, 1.54) is 6.07 Å². The molecule has 7 heteroatoms. The quantitative estimate of drug-likeness (QED) is 0.890. The topological polar surface area (TPSA) is 88.5 Å². The van der Waals surface area contributed by atoms with Crippen LogP contribution in [0.2, 0.25) is 0 Å². The van der Waals surface area contributed by atoms with Gasteiger partial charge in [0.05, 0.1) is 16.2 Å². The lowest BCUT2D eigenvalue weighted by Gasteiger charge is -2.34. The van der Waals surface area contributed by atoms with E-state index in [0.717, 1.165) is 6.26 Å². The van der Waals surface area contributed by atoms with Crippen LogP contribution in [0, 0.1) is 0 Å². The first-order valence-electron chi connectivity index (χ1n) is 6.36. The fourth-order valence-electron chi connectivity index (χ4n) is 2.56. The highest BCUT2D eigenvalue weighted by Gasteiger charge is 2.39. The molecule has 112 valence electrons. The Morgan fingerprint density at radius 3 is 2.60 bits per heavy atom. The van der Waals surface area contributed by atoms with Gasteiger partial charge in [-0.3, -0.25) is 0 Å². The van der Waals surface area contributed by atoms with Gasteiger partial charge >= 0.3 is 0 Å². The molecule has 1 N–H and O–H groups in total. The number of rotatable bonds is 4. The lowest BCUT2D eigenvalue weighted by molar-refractivity contribution is 0.0185. The summed E-state index contributed by atoms with van der Waals surface area (Å²) in [7, 11) is -6.43. The fourth-order valence-corrected chi connectivity index (χ4v) is 4.93. The van der Waals surface area contributed by atoms with Gasteiger partial charge in [-0.25, -0.2) is 16.8 Å². The van der Waals surface area contributed by atoms with Crippen molar-refractivity contribution >= 4 is 19.7 Å². The predicted molar refractivity (Wildman–Crippen MR) is 76.0 cm³/mol. The second-order valence-corrected chi connectivity index (χ2v) is 9.67. The summed E-state index contributed by atoms with van der Waals surface area (Å²) in [6.45, 7) is 0. The third kappa shape index (κ3) is 3.21. The Bertz CT molecular complexity index is 706. The summed E-state index contributed by atoms with van der Waals surface area (Å²) in [5, 5.41) is 10.7. The molecular formula is C13H18O5S2. The highest BCUT2D eigenvalue weighted by atomic mass is 32.2. The molecule has 1 atom stereocenters. The van der Waals surface area contributed by atoms with E-state index in [9.17, 15) is 21.9 Å². The molecule has 0 amide bonds. The Morgan fingerprint density at radius 1 is 1.30 bits per heavy atom. The third-order valence-electron chi connectivity index (χ3n) is 3.61. The van der Waals surface area contributed by atoms with Crippen molar-refractivity contribution in [1.29, 1.82) is 0 Å². The molecule has 20 heavy (non-hydrogen) atoms. The molecule has 0 saturated carbocycles. The van der Waals surface area contributed by atoms with E-state index >= 15 is 0 Å². The van der Waals surface area contributed by atoms with E-state index in [1.54, 1.807) is 18.2 Å². The molecular weight excluding hydrogens is 300 g/mol. The lowest BCUT2D eigenvalue weighted by atomic mass is 9.86. The van der Waals surface area contributed by atoms with Crippen molar-refractivity contribution in [1.82, 2.24) is 0 Å². The van der Waals surface area contributed by atoms with Crippen molar-refractivity contribution in [2.45, 2.75) is 29.8 Å². The molecule has 1 heterocycles. The molecule has 1 aromatic carbocycles. The molecule has 1 unspecified atom stereocenters. The second-order valence-electron chi connectivity index (χ2n) is 5.33. The van der Waals surface area contributed by atoms with Gasteiger partial charge in [0.25, 0.3) is 0 Å². The van der Waals surface area contributed by atoms with E-state index in [-0.39, 0.29) is 29.2 Å². The number of hydrogen-bond donors (Lipinski definition) is 1. The average Bonchev–Trinajstić information content (AvgIpc) is 2.34. The monoisotopic (exact) mass is 318 g/mol. The molecule has 0 spiro atoms. The van der Waals surface area contributed by atoms with Crippen LogP contribution in [-0.2, 0) is 25.3 Å². The maximum atomic E-state index is 12.0. The Hall–Kier alpha value is -0.920. The number of benzene rings is 1. The Morgan fingerprint density at radius 2 is 1.95 bits per heavy atom. The molecule has 0 aromatic heterocycles. The zero-order valence-corrected chi connectivity index (χ0v) is 12.9. The van der Waals surface area contributed by atoms with Crippen molar-refractivity contribution in [2.24, 2.45) is 0 Å². The van der Waals surface area contributed by atoms with Crippen LogP contribution in [0.3, 0.4) is 0 Å². The Kier molecular flexibility index (Phi) is 3.96. The molecule has 0 bridgehead atoms.